The molecule has 2 atom stereocenters. The minimum absolute atomic E-state index is 0.0451. The molecule has 1 saturated heterocycles. The van der Waals surface area contributed by atoms with E-state index in [0.717, 1.165) is 4.90 Å². The van der Waals surface area contributed by atoms with Gasteiger partial charge < -0.3 is 15.2 Å². The number of ether oxygens (including phenoxy) is 1. The Morgan fingerprint density at radius 1 is 1.50 bits per heavy atom. The van der Waals surface area contributed by atoms with Crippen LogP contribution in [0.1, 0.15) is 6.92 Å². The summed E-state index contributed by atoms with van der Waals surface area (Å²) in [5, 5.41) is 10.9. The number of carboxylic acid groups (broad SMARTS) is 1. The summed E-state index contributed by atoms with van der Waals surface area (Å²) in [7, 11) is 0. The van der Waals surface area contributed by atoms with Crippen molar-refractivity contribution in [3.63, 3.8) is 0 Å². The minimum atomic E-state index is -1.32. The number of hydrogen-bond donors (Lipinski definition) is 2. The second kappa shape index (κ2) is 6.18. The maximum absolute atomic E-state index is 12.0. The number of amides is 2. The number of rotatable bonds is 5. The van der Waals surface area contributed by atoms with E-state index in [-0.39, 0.29) is 24.3 Å². The first-order chi connectivity index (χ1) is 10.4. The third kappa shape index (κ3) is 2.82. The number of esters is 1. The lowest BCUT2D eigenvalue weighted by molar-refractivity contribution is -0.151. The summed E-state index contributed by atoms with van der Waals surface area (Å²) in [4.78, 5) is 56.6. The normalized spacial score (nSPS) is 23.3. The van der Waals surface area contributed by atoms with Crippen molar-refractivity contribution in [1.82, 2.24) is 10.2 Å². The van der Waals surface area contributed by atoms with E-state index >= 15 is 0 Å². The van der Waals surface area contributed by atoms with Gasteiger partial charge in [-0.25, -0.2) is 4.79 Å². The van der Waals surface area contributed by atoms with Crippen LogP contribution in [0.15, 0.2) is 11.3 Å². The fraction of sp³-hybridized carbons (Fsp3) is 0.417. The first kappa shape index (κ1) is 16.0. The molecule has 0 saturated carbocycles. The molecule has 0 unspecified atom stereocenters. The summed E-state index contributed by atoms with van der Waals surface area (Å²) in [6.45, 7) is 0.978. The third-order valence-corrected chi connectivity index (χ3v) is 4.44. The zero-order valence-corrected chi connectivity index (χ0v) is 12.2. The number of carbonyl (C=O) groups excluding carboxylic acids is 4. The van der Waals surface area contributed by atoms with E-state index in [0.29, 0.717) is 5.57 Å². The van der Waals surface area contributed by atoms with Gasteiger partial charge in [0.25, 0.3) is 11.8 Å². The highest BCUT2D eigenvalue weighted by Gasteiger charge is 2.54. The molecule has 118 valence electrons. The van der Waals surface area contributed by atoms with Crippen LogP contribution in [0.5, 0.6) is 0 Å². The quantitative estimate of drug-likeness (QED) is 0.269. The van der Waals surface area contributed by atoms with Crippen LogP contribution in [0.3, 0.4) is 0 Å². The second-order valence-electron chi connectivity index (χ2n) is 4.55. The molecule has 0 aliphatic carbocycles. The molecule has 2 amide bonds. The predicted molar refractivity (Wildman–Crippen MR) is 72.4 cm³/mol. The number of nitrogens with one attached hydrogen (secondary N) is 1. The molecule has 1 fully saturated rings. The average molecular weight is 328 g/mol. The number of hydrogen-bond acceptors (Lipinski definition) is 7. The lowest BCUT2D eigenvalue weighted by Crippen LogP contribution is -2.70. The molecule has 0 aromatic carbocycles. The van der Waals surface area contributed by atoms with Gasteiger partial charge in [0.2, 0.25) is 6.29 Å². The molecule has 22 heavy (non-hydrogen) atoms. The molecule has 0 radical (unpaired) electrons. The highest BCUT2D eigenvalue weighted by molar-refractivity contribution is 8.00. The Morgan fingerprint density at radius 3 is 2.73 bits per heavy atom. The van der Waals surface area contributed by atoms with Gasteiger partial charge in [-0.2, -0.15) is 0 Å². The summed E-state index contributed by atoms with van der Waals surface area (Å²) < 4.78 is 4.79. The topological polar surface area (TPSA) is 130 Å². The van der Waals surface area contributed by atoms with Crippen LogP contribution >= 0.6 is 11.8 Å². The Balaban J connectivity index is 2.20. The Kier molecular flexibility index (Phi) is 4.50. The fourth-order valence-electron chi connectivity index (χ4n) is 2.17. The zero-order chi connectivity index (χ0) is 16.4. The van der Waals surface area contributed by atoms with E-state index in [1.54, 1.807) is 0 Å². The predicted octanol–water partition coefficient (Wildman–Crippen LogP) is -1.51. The molecular formula is C12H12N2O7S. The summed E-state index contributed by atoms with van der Waals surface area (Å²) in [6, 6.07) is -0.938. The van der Waals surface area contributed by atoms with E-state index in [2.05, 4.69) is 5.32 Å². The van der Waals surface area contributed by atoms with Crippen molar-refractivity contribution in [1.29, 1.82) is 0 Å². The summed E-state index contributed by atoms with van der Waals surface area (Å²) in [5.41, 5.74) is 0.0593. The summed E-state index contributed by atoms with van der Waals surface area (Å²) in [5.74, 6) is -3.21. The lowest BCUT2D eigenvalue weighted by atomic mass is 10.0. The van der Waals surface area contributed by atoms with Gasteiger partial charge in [0.15, 0.2) is 0 Å². The van der Waals surface area contributed by atoms with Crippen molar-refractivity contribution in [2.75, 3.05) is 12.4 Å². The molecule has 0 aromatic heterocycles. The molecule has 2 N–H and O–H groups in total. The standard InChI is InChI=1S/C12H12N2O7S/c1-5(16)21-3-6-4-22-11-8(13-7(17)2-15)10(18)14(11)9(6)12(19)20/h2,8,11H,3-4H2,1H3,(H,13,17)(H,19,20)/t8-,11-/m1/s1. The molecule has 0 spiro atoms. The first-order valence-corrected chi connectivity index (χ1v) is 7.20. The molecular weight excluding hydrogens is 316 g/mol. The van der Waals surface area contributed by atoms with Crippen LogP contribution in [0.25, 0.3) is 0 Å². The van der Waals surface area contributed by atoms with Crippen LogP contribution in [0.4, 0.5) is 0 Å². The Hall–Kier alpha value is -2.36. The largest absolute Gasteiger partial charge is 0.477 e. The van der Waals surface area contributed by atoms with E-state index in [9.17, 15) is 29.1 Å². The zero-order valence-electron chi connectivity index (χ0n) is 11.4. The van der Waals surface area contributed by atoms with Crippen LogP contribution in [0.2, 0.25) is 0 Å². The van der Waals surface area contributed by atoms with Crippen molar-refractivity contribution < 1.29 is 33.8 Å². The van der Waals surface area contributed by atoms with Crippen LogP contribution in [-0.2, 0) is 28.7 Å². The molecule has 0 aromatic rings. The van der Waals surface area contributed by atoms with Gasteiger partial charge in [-0.1, -0.05) is 0 Å². The second-order valence-corrected chi connectivity index (χ2v) is 5.66. The maximum atomic E-state index is 12.0. The summed E-state index contributed by atoms with van der Waals surface area (Å²) in [6.07, 6.45) is 0.0451. The first-order valence-electron chi connectivity index (χ1n) is 6.15. The molecule has 9 nitrogen and oxygen atoms in total. The lowest BCUT2D eigenvalue weighted by Gasteiger charge is -2.49. The van der Waals surface area contributed by atoms with E-state index in [1.807, 2.05) is 0 Å². The van der Waals surface area contributed by atoms with E-state index in [1.165, 1.54) is 18.7 Å². The smallest absolute Gasteiger partial charge is 0.352 e. The number of aldehydes is 1. The molecule has 2 aliphatic rings. The van der Waals surface area contributed by atoms with Crippen LogP contribution in [-0.4, -0.2) is 63.8 Å². The van der Waals surface area contributed by atoms with E-state index < -0.39 is 35.2 Å². The maximum Gasteiger partial charge on any atom is 0.352 e. The van der Waals surface area contributed by atoms with Gasteiger partial charge >= 0.3 is 11.9 Å². The van der Waals surface area contributed by atoms with Crippen molar-refractivity contribution in [2.24, 2.45) is 0 Å². The van der Waals surface area contributed by atoms with Crippen LogP contribution < -0.4 is 5.32 Å². The van der Waals surface area contributed by atoms with Gasteiger partial charge in [0.1, 0.15) is 23.7 Å². The molecule has 0 bridgehead atoms. The van der Waals surface area contributed by atoms with Crippen molar-refractivity contribution in [3.05, 3.63) is 11.3 Å². The third-order valence-electron chi connectivity index (χ3n) is 3.10. The monoisotopic (exact) mass is 328 g/mol. The average Bonchev–Trinajstić information content (AvgIpc) is 2.48. The van der Waals surface area contributed by atoms with Crippen molar-refractivity contribution >= 4 is 41.8 Å². The number of carbonyl (C=O) groups is 5. The molecule has 10 heteroatoms. The highest BCUT2D eigenvalue weighted by Crippen LogP contribution is 2.40. The minimum Gasteiger partial charge on any atom is -0.477 e. The van der Waals surface area contributed by atoms with Crippen molar-refractivity contribution in [2.45, 2.75) is 18.3 Å². The molecule has 2 aliphatic heterocycles. The Bertz CT molecular complexity index is 600. The van der Waals surface area contributed by atoms with Gasteiger partial charge in [0, 0.05) is 18.2 Å². The van der Waals surface area contributed by atoms with Gasteiger partial charge in [-0.05, 0) is 0 Å². The molecule has 2 heterocycles. The number of carboxylic acids is 1. The molecule has 2 rings (SSSR count). The highest BCUT2D eigenvalue weighted by atomic mass is 32.2. The number of thioether (sulfide) groups is 1. The van der Waals surface area contributed by atoms with E-state index in [4.69, 9.17) is 4.74 Å². The summed E-state index contributed by atoms with van der Waals surface area (Å²) >= 11 is 1.22. The number of β-lactam (4-membered cyclic amide) rings is 1. The Labute approximate surface area is 128 Å². The fourth-order valence-corrected chi connectivity index (χ4v) is 3.50. The SMILES string of the molecule is CC(=O)OCC1=C(C(=O)O)N2C(=O)[C@@H](NC(=O)C=O)[C@H]2SC1. The van der Waals surface area contributed by atoms with Crippen molar-refractivity contribution in [3.8, 4) is 0 Å². The number of nitrogens with zero attached hydrogens (tertiary/aromatic N) is 1. The number of aliphatic carboxylic acids is 1. The van der Waals surface area contributed by atoms with Gasteiger partial charge in [0.05, 0.1) is 0 Å². The van der Waals surface area contributed by atoms with Gasteiger partial charge in [-0.15, -0.1) is 11.8 Å². The van der Waals surface area contributed by atoms with Crippen LogP contribution in [0, 0.1) is 0 Å². The van der Waals surface area contributed by atoms with Gasteiger partial charge in [-0.3, -0.25) is 24.1 Å². The Morgan fingerprint density at radius 2 is 2.18 bits per heavy atom. The number of fused-ring (bicyclic) bond motifs is 1.